The molecule has 0 bridgehead atoms. The average Bonchev–Trinajstić information content (AvgIpc) is 2.78. The van der Waals surface area contributed by atoms with E-state index in [0.29, 0.717) is 0 Å². The van der Waals surface area contributed by atoms with Gasteiger partial charge in [-0.25, -0.2) is 4.99 Å². The molecule has 0 saturated heterocycles. The van der Waals surface area contributed by atoms with Crippen molar-refractivity contribution in [3.05, 3.63) is 89.0 Å². The van der Waals surface area contributed by atoms with Crippen LogP contribution in [0.3, 0.4) is 0 Å². The zero-order valence-electron chi connectivity index (χ0n) is 21.1. The number of methoxy groups -OCH3 is 2. The Labute approximate surface area is 198 Å². The van der Waals surface area contributed by atoms with Gasteiger partial charge in [-0.2, -0.15) is 0 Å². The number of nitrogens with zero attached hydrogens (tertiary/aromatic N) is 1. The first-order chi connectivity index (χ1) is 15.5. The normalized spacial score (nSPS) is 11.5. The van der Waals surface area contributed by atoms with Crippen molar-refractivity contribution in [2.24, 2.45) is 4.99 Å². The standard InChI is InChI=1S/C30H35NO2/c1-29(2,3)21-14-16-27(32-7)24(18-21)26(20-31-23-12-10-9-11-13-23)25-19-22(30(4,5)6)15-17-28(25)33-8/h9-19H,1-8H3. The van der Waals surface area contributed by atoms with Crippen LogP contribution in [0.5, 0.6) is 11.5 Å². The van der Waals surface area contributed by atoms with E-state index in [-0.39, 0.29) is 10.8 Å². The van der Waals surface area contributed by atoms with Gasteiger partial charge in [-0.1, -0.05) is 71.9 Å². The van der Waals surface area contributed by atoms with Gasteiger partial charge in [0, 0.05) is 11.1 Å². The van der Waals surface area contributed by atoms with Crippen molar-refractivity contribution in [2.45, 2.75) is 52.4 Å². The van der Waals surface area contributed by atoms with E-state index in [0.717, 1.165) is 33.9 Å². The summed E-state index contributed by atoms with van der Waals surface area (Å²) in [5, 5.41) is 0. The van der Waals surface area contributed by atoms with Crippen LogP contribution in [0.2, 0.25) is 0 Å². The SMILES string of the molecule is COc1ccc(C(C)(C)C)cc1C(=C=Nc1ccccc1)c1cc(C(C)(C)C)ccc1OC. The fourth-order valence-electron chi connectivity index (χ4n) is 3.63. The van der Waals surface area contributed by atoms with Crippen LogP contribution >= 0.6 is 0 Å². The van der Waals surface area contributed by atoms with E-state index >= 15 is 0 Å². The van der Waals surface area contributed by atoms with Crippen LogP contribution in [-0.4, -0.2) is 20.1 Å². The number of benzene rings is 3. The second kappa shape index (κ2) is 9.68. The fraction of sp³-hybridized carbons (Fsp3) is 0.333. The summed E-state index contributed by atoms with van der Waals surface area (Å²) in [6, 6.07) is 22.5. The summed E-state index contributed by atoms with van der Waals surface area (Å²) >= 11 is 0. The molecule has 0 aliphatic heterocycles. The number of aliphatic imine (C=N–C) groups is 1. The summed E-state index contributed by atoms with van der Waals surface area (Å²) in [4.78, 5) is 4.70. The number of hydrogen-bond acceptors (Lipinski definition) is 3. The van der Waals surface area contributed by atoms with Gasteiger partial charge in [-0.3, -0.25) is 0 Å². The molecule has 0 amide bonds. The Kier molecular flexibility index (Phi) is 7.15. The van der Waals surface area contributed by atoms with Crippen LogP contribution in [0.1, 0.15) is 63.8 Å². The molecule has 0 unspecified atom stereocenters. The van der Waals surface area contributed by atoms with Crippen LogP contribution in [0.15, 0.2) is 71.7 Å². The molecule has 3 aromatic rings. The molecule has 33 heavy (non-hydrogen) atoms. The molecule has 3 heteroatoms. The minimum Gasteiger partial charge on any atom is -0.496 e. The van der Waals surface area contributed by atoms with Crippen LogP contribution in [0, 0.1) is 0 Å². The molecule has 0 aromatic heterocycles. The fourth-order valence-corrected chi connectivity index (χ4v) is 3.63. The van der Waals surface area contributed by atoms with Crippen LogP contribution in [-0.2, 0) is 10.8 Å². The quantitative estimate of drug-likeness (QED) is 0.379. The van der Waals surface area contributed by atoms with Crippen LogP contribution in [0.25, 0.3) is 5.57 Å². The van der Waals surface area contributed by atoms with Gasteiger partial charge in [0.15, 0.2) is 0 Å². The molecular formula is C30H35NO2. The Bertz CT molecular complexity index is 1100. The summed E-state index contributed by atoms with van der Waals surface area (Å²) in [6.45, 7) is 13.3. The first-order valence-corrected chi connectivity index (χ1v) is 11.3. The van der Waals surface area contributed by atoms with Gasteiger partial charge >= 0.3 is 0 Å². The van der Waals surface area contributed by atoms with Gasteiger partial charge in [0.05, 0.1) is 25.5 Å². The van der Waals surface area contributed by atoms with Gasteiger partial charge in [-0.05, 0) is 64.2 Å². The molecule has 0 saturated carbocycles. The third-order valence-corrected chi connectivity index (χ3v) is 5.72. The molecule has 172 valence electrons. The van der Waals surface area contributed by atoms with Crippen molar-refractivity contribution < 1.29 is 9.47 Å². The highest BCUT2D eigenvalue weighted by molar-refractivity contribution is 6.02. The summed E-state index contributed by atoms with van der Waals surface area (Å²) in [7, 11) is 3.40. The predicted octanol–water partition coefficient (Wildman–Crippen LogP) is 7.73. The molecule has 3 nitrogen and oxygen atoms in total. The van der Waals surface area contributed by atoms with Crippen molar-refractivity contribution in [1.82, 2.24) is 0 Å². The van der Waals surface area contributed by atoms with Crippen molar-refractivity contribution >= 4 is 17.1 Å². The lowest BCUT2D eigenvalue weighted by Crippen LogP contribution is -2.13. The minimum atomic E-state index is -0.0138. The molecule has 0 atom stereocenters. The van der Waals surface area contributed by atoms with Crippen molar-refractivity contribution in [1.29, 1.82) is 0 Å². The Hall–Kier alpha value is -3.29. The van der Waals surface area contributed by atoms with E-state index in [4.69, 9.17) is 14.5 Å². The van der Waals surface area contributed by atoms with Gasteiger partial charge in [0.1, 0.15) is 11.5 Å². The second-order valence-electron chi connectivity index (χ2n) is 10.3. The molecule has 0 spiro atoms. The first-order valence-electron chi connectivity index (χ1n) is 11.3. The van der Waals surface area contributed by atoms with Gasteiger partial charge in [0.2, 0.25) is 0 Å². The number of ether oxygens (including phenoxy) is 2. The average molecular weight is 442 g/mol. The lowest BCUT2D eigenvalue weighted by atomic mass is 9.82. The van der Waals surface area contributed by atoms with E-state index in [1.54, 1.807) is 14.2 Å². The molecule has 0 N–H and O–H groups in total. The summed E-state index contributed by atoms with van der Waals surface area (Å²) in [5.74, 6) is 4.91. The number of rotatable bonds is 5. The van der Waals surface area contributed by atoms with Crippen LogP contribution in [0.4, 0.5) is 5.69 Å². The summed E-state index contributed by atoms with van der Waals surface area (Å²) in [5.41, 5.74) is 5.95. The Morgan fingerprint density at radius 1 is 0.667 bits per heavy atom. The zero-order valence-corrected chi connectivity index (χ0v) is 21.1. The third kappa shape index (κ3) is 5.74. The van der Waals surface area contributed by atoms with Crippen LogP contribution < -0.4 is 9.47 Å². The van der Waals surface area contributed by atoms with E-state index in [2.05, 4.69) is 71.7 Å². The molecule has 3 aromatic carbocycles. The summed E-state index contributed by atoms with van der Waals surface area (Å²) < 4.78 is 11.6. The van der Waals surface area contributed by atoms with Gasteiger partial charge < -0.3 is 9.47 Å². The molecule has 3 rings (SSSR count). The molecule has 0 fully saturated rings. The maximum absolute atomic E-state index is 5.80. The topological polar surface area (TPSA) is 30.8 Å². The molecule has 0 aliphatic rings. The smallest absolute Gasteiger partial charge is 0.127 e. The monoisotopic (exact) mass is 441 g/mol. The highest BCUT2D eigenvalue weighted by atomic mass is 16.5. The van der Waals surface area contributed by atoms with Crippen molar-refractivity contribution in [2.75, 3.05) is 14.2 Å². The molecule has 0 radical (unpaired) electrons. The lowest BCUT2D eigenvalue weighted by Gasteiger charge is -2.23. The third-order valence-electron chi connectivity index (χ3n) is 5.72. The molecule has 0 aliphatic carbocycles. The van der Waals surface area contributed by atoms with E-state index in [1.807, 2.05) is 42.5 Å². The highest BCUT2D eigenvalue weighted by Crippen LogP contribution is 2.39. The van der Waals surface area contributed by atoms with Crippen molar-refractivity contribution in [3.8, 4) is 11.5 Å². The van der Waals surface area contributed by atoms with E-state index in [9.17, 15) is 0 Å². The largest absolute Gasteiger partial charge is 0.496 e. The minimum absolute atomic E-state index is 0.0138. The lowest BCUT2D eigenvalue weighted by molar-refractivity contribution is 0.410. The highest BCUT2D eigenvalue weighted by Gasteiger charge is 2.22. The predicted molar refractivity (Wildman–Crippen MR) is 139 cm³/mol. The Balaban J connectivity index is 2.38. The van der Waals surface area contributed by atoms with Gasteiger partial charge in [-0.15, -0.1) is 0 Å². The van der Waals surface area contributed by atoms with E-state index in [1.165, 1.54) is 11.1 Å². The maximum Gasteiger partial charge on any atom is 0.127 e. The first kappa shape index (κ1) is 24.4. The number of para-hydroxylation sites is 1. The number of hydrogen-bond donors (Lipinski definition) is 0. The Morgan fingerprint density at radius 2 is 1.12 bits per heavy atom. The molecular weight excluding hydrogens is 406 g/mol. The van der Waals surface area contributed by atoms with Crippen molar-refractivity contribution in [3.63, 3.8) is 0 Å². The second-order valence-corrected chi connectivity index (χ2v) is 10.3. The van der Waals surface area contributed by atoms with Gasteiger partial charge in [0.25, 0.3) is 0 Å². The zero-order chi connectivity index (χ0) is 24.2. The van der Waals surface area contributed by atoms with E-state index < -0.39 is 0 Å². The summed E-state index contributed by atoms with van der Waals surface area (Å²) in [6.07, 6.45) is 0. The maximum atomic E-state index is 5.80. The molecule has 0 heterocycles. The Morgan fingerprint density at radius 3 is 1.52 bits per heavy atom.